The molecule has 0 spiro atoms. The van der Waals surface area contributed by atoms with E-state index in [1.165, 1.54) is 0 Å². The Labute approximate surface area is 104 Å². The molecule has 0 fully saturated rings. The summed E-state index contributed by atoms with van der Waals surface area (Å²) in [4.78, 5) is 14.0. The van der Waals surface area contributed by atoms with Gasteiger partial charge < -0.3 is 10.6 Å². The first-order valence-corrected chi connectivity index (χ1v) is 6.15. The van der Waals surface area contributed by atoms with E-state index in [1.54, 1.807) is 0 Å². The molecule has 1 atom stereocenters. The van der Waals surface area contributed by atoms with Crippen molar-refractivity contribution in [3.8, 4) is 0 Å². The number of nitrogens with two attached hydrogens (primary N) is 1. The minimum Gasteiger partial charge on any atom is -0.341 e. The average Bonchev–Trinajstić information content (AvgIpc) is 2.35. The molecule has 1 rings (SSSR count). The van der Waals surface area contributed by atoms with Gasteiger partial charge in [0.05, 0.1) is 0 Å². The molecular formula is C14H22N2O. The van der Waals surface area contributed by atoms with Crippen molar-refractivity contribution in [1.82, 2.24) is 4.90 Å². The van der Waals surface area contributed by atoms with Gasteiger partial charge >= 0.3 is 0 Å². The summed E-state index contributed by atoms with van der Waals surface area (Å²) < 4.78 is 0. The Morgan fingerprint density at radius 2 is 1.88 bits per heavy atom. The van der Waals surface area contributed by atoms with E-state index in [0.717, 1.165) is 12.1 Å². The highest BCUT2D eigenvalue weighted by Gasteiger charge is 2.21. The summed E-state index contributed by atoms with van der Waals surface area (Å²) in [6.07, 6.45) is 0. The lowest BCUT2D eigenvalue weighted by Gasteiger charge is -2.26. The van der Waals surface area contributed by atoms with Gasteiger partial charge in [-0.25, -0.2) is 0 Å². The number of hydrogen-bond donors (Lipinski definition) is 1. The molecule has 1 aromatic rings. The molecular weight excluding hydrogens is 212 g/mol. The van der Waals surface area contributed by atoms with E-state index < -0.39 is 6.04 Å². The Balaban J connectivity index is 2.74. The second-order valence-electron chi connectivity index (χ2n) is 4.66. The second kappa shape index (κ2) is 6.40. The Morgan fingerprint density at radius 3 is 2.35 bits per heavy atom. The Morgan fingerprint density at radius 1 is 1.29 bits per heavy atom. The average molecular weight is 234 g/mol. The topological polar surface area (TPSA) is 46.3 Å². The molecule has 0 bridgehead atoms. The van der Waals surface area contributed by atoms with E-state index in [0.29, 0.717) is 12.5 Å². The number of carbonyl (C=O) groups excluding carboxylic acids is 1. The summed E-state index contributed by atoms with van der Waals surface area (Å²) in [5.74, 6) is 0.467. The van der Waals surface area contributed by atoms with Crippen LogP contribution in [-0.4, -0.2) is 23.9 Å². The summed E-state index contributed by atoms with van der Waals surface area (Å²) in [5.41, 5.74) is 6.87. The van der Waals surface area contributed by atoms with Crippen LogP contribution in [0.4, 0.5) is 0 Å². The SMILES string of the molecule is CCN(CC(C)C)C(=O)[C@H](N)c1ccccc1. The first kappa shape index (κ1) is 13.7. The molecule has 3 heteroatoms. The zero-order valence-corrected chi connectivity index (χ0v) is 10.9. The fourth-order valence-corrected chi connectivity index (χ4v) is 1.82. The van der Waals surface area contributed by atoms with Crippen molar-refractivity contribution in [1.29, 1.82) is 0 Å². The fourth-order valence-electron chi connectivity index (χ4n) is 1.82. The number of rotatable bonds is 5. The highest BCUT2D eigenvalue weighted by atomic mass is 16.2. The van der Waals surface area contributed by atoms with Crippen LogP contribution in [0.2, 0.25) is 0 Å². The molecule has 0 saturated heterocycles. The van der Waals surface area contributed by atoms with E-state index in [-0.39, 0.29) is 5.91 Å². The monoisotopic (exact) mass is 234 g/mol. The molecule has 3 nitrogen and oxygen atoms in total. The standard InChI is InChI=1S/C14H22N2O/c1-4-16(10-11(2)3)14(17)13(15)12-8-6-5-7-9-12/h5-9,11,13H,4,10,15H2,1-3H3/t13-/m1/s1. The van der Waals surface area contributed by atoms with Crippen LogP contribution >= 0.6 is 0 Å². The van der Waals surface area contributed by atoms with Crippen molar-refractivity contribution < 1.29 is 4.79 Å². The van der Waals surface area contributed by atoms with E-state index in [4.69, 9.17) is 5.73 Å². The van der Waals surface area contributed by atoms with E-state index in [2.05, 4.69) is 13.8 Å². The third-order valence-corrected chi connectivity index (χ3v) is 2.70. The molecule has 0 unspecified atom stereocenters. The fraction of sp³-hybridized carbons (Fsp3) is 0.500. The maximum atomic E-state index is 12.2. The second-order valence-corrected chi connectivity index (χ2v) is 4.66. The third-order valence-electron chi connectivity index (χ3n) is 2.70. The number of benzene rings is 1. The van der Waals surface area contributed by atoms with Crippen LogP contribution in [-0.2, 0) is 4.79 Å². The van der Waals surface area contributed by atoms with Gasteiger partial charge in [0.25, 0.3) is 0 Å². The number of nitrogens with zero attached hydrogens (tertiary/aromatic N) is 1. The minimum absolute atomic E-state index is 0.00685. The zero-order valence-electron chi connectivity index (χ0n) is 10.9. The summed E-state index contributed by atoms with van der Waals surface area (Å²) in [7, 11) is 0. The van der Waals surface area contributed by atoms with Crippen LogP contribution < -0.4 is 5.73 Å². The molecule has 0 aliphatic heterocycles. The lowest BCUT2D eigenvalue weighted by atomic mass is 10.1. The minimum atomic E-state index is -0.546. The number of amides is 1. The molecule has 0 saturated carbocycles. The Hall–Kier alpha value is -1.35. The summed E-state index contributed by atoms with van der Waals surface area (Å²) in [5, 5.41) is 0. The van der Waals surface area contributed by atoms with Crippen LogP contribution in [0.15, 0.2) is 30.3 Å². The molecule has 1 amide bonds. The lowest BCUT2D eigenvalue weighted by Crippen LogP contribution is -2.40. The number of carbonyl (C=O) groups is 1. The van der Waals surface area contributed by atoms with Gasteiger partial charge in [-0.3, -0.25) is 4.79 Å². The normalized spacial score (nSPS) is 12.5. The van der Waals surface area contributed by atoms with Crippen LogP contribution in [0.1, 0.15) is 32.4 Å². The molecule has 17 heavy (non-hydrogen) atoms. The summed E-state index contributed by atoms with van der Waals surface area (Å²) >= 11 is 0. The van der Waals surface area contributed by atoms with Gasteiger partial charge in [-0.1, -0.05) is 44.2 Å². The molecule has 0 aliphatic rings. The molecule has 0 aliphatic carbocycles. The van der Waals surface area contributed by atoms with Crippen molar-refractivity contribution in [3.05, 3.63) is 35.9 Å². The molecule has 94 valence electrons. The molecule has 2 N–H and O–H groups in total. The van der Waals surface area contributed by atoms with Crippen molar-refractivity contribution in [3.63, 3.8) is 0 Å². The van der Waals surface area contributed by atoms with Crippen molar-refractivity contribution >= 4 is 5.91 Å². The quantitative estimate of drug-likeness (QED) is 0.849. The van der Waals surface area contributed by atoms with Gasteiger partial charge in [0.2, 0.25) is 5.91 Å². The zero-order chi connectivity index (χ0) is 12.8. The van der Waals surface area contributed by atoms with Gasteiger partial charge in [-0.2, -0.15) is 0 Å². The van der Waals surface area contributed by atoms with Crippen LogP contribution in [0.5, 0.6) is 0 Å². The van der Waals surface area contributed by atoms with Gasteiger partial charge in [0, 0.05) is 13.1 Å². The third kappa shape index (κ3) is 3.86. The maximum Gasteiger partial charge on any atom is 0.244 e. The Bertz CT molecular complexity index is 348. The van der Waals surface area contributed by atoms with Gasteiger partial charge in [0.1, 0.15) is 6.04 Å². The van der Waals surface area contributed by atoms with Crippen molar-refractivity contribution in [2.45, 2.75) is 26.8 Å². The Kier molecular flexibility index (Phi) is 5.16. The first-order chi connectivity index (χ1) is 8.06. The molecule has 0 radical (unpaired) electrons. The van der Waals surface area contributed by atoms with Crippen LogP contribution in [0.3, 0.4) is 0 Å². The molecule has 0 heterocycles. The highest BCUT2D eigenvalue weighted by Crippen LogP contribution is 2.13. The summed E-state index contributed by atoms with van der Waals surface area (Å²) in [6, 6.07) is 8.97. The summed E-state index contributed by atoms with van der Waals surface area (Å²) in [6.45, 7) is 7.65. The smallest absolute Gasteiger partial charge is 0.244 e. The molecule has 0 aromatic heterocycles. The van der Waals surface area contributed by atoms with Crippen molar-refractivity contribution in [2.75, 3.05) is 13.1 Å². The van der Waals surface area contributed by atoms with Gasteiger partial charge in [0.15, 0.2) is 0 Å². The predicted molar refractivity (Wildman–Crippen MR) is 70.5 cm³/mol. The predicted octanol–water partition coefficient (Wildman–Crippen LogP) is 2.19. The van der Waals surface area contributed by atoms with E-state index in [1.807, 2.05) is 42.2 Å². The largest absolute Gasteiger partial charge is 0.341 e. The highest BCUT2D eigenvalue weighted by molar-refractivity contribution is 5.83. The maximum absolute atomic E-state index is 12.2. The number of hydrogen-bond acceptors (Lipinski definition) is 2. The number of likely N-dealkylation sites (N-methyl/N-ethyl adjacent to an activating group) is 1. The molecule has 1 aromatic carbocycles. The van der Waals surface area contributed by atoms with Crippen LogP contribution in [0, 0.1) is 5.92 Å². The first-order valence-electron chi connectivity index (χ1n) is 6.15. The van der Waals surface area contributed by atoms with Gasteiger partial charge in [-0.05, 0) is 18.4 Å². The van der Waals surface area contributed by atoms with E-state index >= 15 is 0 Å². The van der Waals surface area contributed by atoms with Gasteiger partial charge in [-0.15, -0.1) is 0 Å². The van der Waals surface area contributed by atoms with Crippen LogP contribution in [0.25, 0.3) is 0 Å². The van der Waals surface area contributed by atoms with E-state index in [9.17, 15) is 4.79 Å². The van der Waals surface area contributed by atoms with Crippen molar-refractivity contribution in [2.24, 2.45) is 11.7 Å². The lowest BCUT2D eigenvalue weighted by molar-refractivity contribution is -0.133.